The summed E-state index contributed by atoms with van der Waals surface area (Å²) in [5.74, 6) is -0.0993. The summed E-state index contributed by atoms with van der Waals surface area (Å²) in [6, 6.07) is 4.16. The van der Waals surface area contributed by atoms with Crippen molar-refractivity contribution in [2.75, 3.05) is 6.54 Å². The highest BCUT2D eigenvalue weighted by Crippen LogP contribution is 2.27. The molecular formula is C12H12ClN5O4. The molecule has 0 spiro atoms. The van der Waals surface area contributed by atoms with Gasteiger partial charge in [-0.1, -0.05) is 17.7 Å². The fourth-order valence-corrected chi connectivity index (χ4v) is 2.10. The van der Waals surface area contributed by atoms with Crippen LogP contribution in [0.1, 0.15) is 22.6 Å². The van der Waals surface area contributed by atoms with E-state index in [1.54, 1.807) is 0 Å². The van der Waals surface area contributed by atoms with Gasteiger partial charge in [0.05, 0.1) is 4.92 Å². The smallest absolute Gasteiger partial charge is 0.340 e. The number of nitro benzene ring substituents is 1. The van der Waals surface area contributed by atoms with Crippen LogP contribution in [0.3, 0.4) is 0 Å². The van der Waals surface area contributed by atoms with Crippen molar-refractivity contribution < 1.29 is 9.72 Å². The van der Waals surface area contributed by atoms with Crippen LogP contribution in [0.4, 0.5) is 5.69 Å². The van der Waals surface area contributed by atoms with E-state index in [0.29, 0.717) is 18.7 Å². The second kappa shape index (κ2) is 6.85. The molecule has 0 fully saturated rings. The van der Waals surface area contributed by atoms with Gasteiger partial charge in [-0.2, -0.15) is 5.10 Å². The number of hydrogen-bond acceptors (Lipinski definition) is 5. The third kappa shape index (κ3) is 3.70. The van der Waals surface area contributed by atoms with Crippen molar-refractivity contribution in [3.63, 3.8) is 0 Å². The van der Waals surface area contributed by atoms with Crippen LogP contribution in [-0.4, -0.2) is 32.6 Å². The Morgan fingerprint density at radius 1 is 1.45 bits per heavy atom. The minimum absolute atomic E-state index is 0.0910. The molecule has 1 aromatic carbocycles. The topological polar surface area (TPSA) is 134 Å². The molecule has 0 saturated carbocycles. The largest absolute Gasteiger partial charge is 0.352 e. The van der Waals surface area contributed by atoms with Crippen LogP contribution in [0.5, 0.6) is 0 Å². The number of carbonyl (C=O) groups is 1. The average Bonchev–Trinajstić information content (AvgIpc) is 2.88. The molecule has 0 aliphatic heterocycles. The average molecular weight is 326 g/mol. The molecule has 1 amide bonds. The van der Waals surface area contributed by atoms with E-state index in [-0.39, 0.29) is 17.1 Å². The summed E-state index contributed by atoms with van der Waals surface area (Å²) in [7, 11) is 0. The first-order chi connectivity index (χ1) is 10.5. The van der Waals surface area contributed by atoms with Crippen LogP contribution in [0.2, 0.25) is 5.02 Å². The maximum atomic E-state index is 12.0. The Balaban J connectivity index is 1.94. The van der Waals surface area contributed by atoms with Gasteiger partial charge in [-0.3, -0.25) is 19.9 Å². The number of benzene rings is 1. The van der Waals surface area contributed by atoms with E-state index in [4.69, 9.17) is 11.6 Å². The number of aromatic amines is 2. The molecule has 0 aliphatic rings. The molecule has 0 atom stereocenters. The number of nitrogens with zero attached hydrogens (tertiary/aromatic N) is 2. The Kier molecular flexibility index (Phi) is 4.89. The third-order valence-corrected chi connectivity index (χ3v) is 3.15. The number of nitro groups is 1. The molecule has 116 valence electrons. The quantitative estimate of drug-likeness (QED) is 0.414. The Labute approximate surface area is 128 Å². The number of rotatable bonds is 6. The van der Waals surface area contributed by atoms with Crippen LogP contribution in [-0.2, 0) is 6.42 Å². The van der Waals surface area contributed by atoms with Gasteiger partial charge in [0.25, 0.3) is 5.91 Å². The molecule has 2 aromatic rings. The normalized spacial score (nSPS) is 10.4. The SMILES string of the molecule is O=C(NCCCc1n[nH]c(=O)[nH]1)c1cccc(Cl)c1[N+](=O)[O-]. The van der Waals surface area contributed by atoms with E-state index in [1.807, 2.05) is 0 Å². The Hall–Kier alpha value is -2.68. The van der Waals surface area contributed by atoms with Crippen molar-refractivity contribution in [3.05, 3.63) is 55.2 Å². The van der Waals surface area contributed by atoms with Crippen molar-refractivity contribution >= 4 is 23.2 Å². The summed E-state index contributed by atoms with van der Waals surface area (Å²) in [6.45, 7) is 0.275. The molecule has 1 aromatic heterocycles. The maximum Gasteiger partial charge on any atom is 0.340 e. The van der Waals surface area contributed by atoms with Crippen molar-refractivity contribution in [3.8, 4) is 0 Å². The number of aryl methyl sites for hydroxylation is 1. The van der Waals surface area contributed by atoms with E-state index in [2.05, 4.69) is 20.5 Å². The first-order valence-corrected chi connectivity index (χ1v) is 6.71. The van der Waals surface area contributed by atoms with Crippen LogP contribution in [0.25, 0.3) is 0 Å². The Morgan fingerprint density at radius 3 is 2.86 bits per heavy atom. The fraction of sp³-hybridized carbons (Fsp3) is 0.250. The molecule has 3 N–H and O–H groups in total. The predicted molar refractivity (Wildman–Crippen MR) is 78.0 cm³/mol. The number of para-hydroxylation sites is 1. The molecule has 0 bridgehead atoms. The van der Waals surface area contributed by atoms with Crippen LogP contribution in [0.15, 0.2) is 23.0 Å². The van der Waals surface area contributed by atoms with Crippen molar-refractivity contribution in [2.45, 2.75) is 12.8 Å². The molecule has 0 aliphatic carbocycles. The standard InChI is InChI=1S/C12H12ClN5O4/c13-8-4-1-3-7(10(8)18(21)22)11(19)14-6-2-5-9-15-12(20)17-16-9/h1,3-4H,2,5-6H2,(H,14,19)(H2,15,16,17,20). The molecule has 0 radical (unpaired) electrons. The molecule has 0 saturated heterocycles. The summed E-state index contributed by atoms with van der Waals surface area (Å²) in [4.78, 5) is 35.6. The molecule has 22 heavy (non-hydrogen) atoms. The second-order valence-electron chi connectivity index (χ2n) is 4.38. The van der Waals surface area contributed by atoms with Gasteiger partial charge < -0.3 is 5.32 Å². The first kappa shape index (κ1) is 15.7. The number of nitrogens with one attached hydrogen (secondary N) is 3. The van der Waals surface area contributed by atoms with Crippen molar-refractivity contribution in [1.29, 1.82) is 0 Å². The third-order valence-electron chi connectivity index (χ3n) is 2.84. The predicted octanol–water partition coefficient (Wildman–Crippen LogP) is 1.02. The number of aromatic nitrogens is 3. The summed E-state index contributed by atoms with van der Waals surface area (Å²) in [5, 5.41) is 19.4. The van der Waals surface area contributed by atoms with Crippen molar-refractivity contribution in [2.24, 2.45) is 0 Å². The zero-order valence-electron chi connectivity index (χ0n) is 11.3. The Bertz CT molecular complexity index is 754. The zero-order chi connectivity index (χ0) is 16.1. The number of hydrogen-bond donors (Lipinski definition) is 3. The van der Waals surface area contributed by atoms with E-state index in [0.717, 1.165) is 0 Å². The van der Waals surface area contributed by atoms with Crippen LogP contribution >= 0.6 is 11.6 Å². The lowest BCUT2D eigenvalue weighted by atomic mass is 10.1. The lowest BCUT2D eigenvalue weighted by Gasteiger charge is -2.06. The monoisotopic (exact) mass is 325 g/mol. The maximum absolute atomic E-state index is 12.0. The van der Waals surface area contributed by atoms with Gasteiger partial charge in [0, 0.05) is 13.0 Å². The highest BCUT2D eigenvalue weighted by Gasteiger charge is 2.23. The van der Waals surface area contributed by atoms with Crippen LogP contribution in [0, 0.1) is 10.1 Å². The molecule has 0 unspecified atom stereocenters. The summed E-state index contributed by atoms with van der Waals surface area (Å²) < 4.78 is 0. The summed E-state index contributed by atoms with van der Waals surface area (Å²) in [6.07, 6.45) is 0.970. The minimum Gasteiger partial charge on any atom is -0.352 e. The van der Waals surface area contributed by atoms with E-state index in [9.17, 15) is 19.7 Å². The second-order valence-corrected chi connectivity index (χ2v) is 4.78. The van der Waals surface area contributed by atoms with Gasteiger partial charge in [0.2, 0.25) is 0 Å². The van der Waals surface area contributed by atoms with Gasteiger partial charge in [-0.25, -0.2) is 9.89 Å². The van der Waals surface area contributed by atoms with Gasteiger partial charge in [-0.15, -0.1) is 0 Å². The number of H-pyrrole nitrogens is 2. The molecule has 2 rings (SSSR count). The molecule has 9 nitrogen and oxygen atoms in total. The van der Waals surface area contributed by atoms with Gasteiger partial charge in [0.1, 0.15) is 16.4 Å². The van der Waals surface area contributed by atoms with Crippen LogP contribution < -0.4 is 11.0 Å². The summed E-state index contributed by atoms with van der Waals surface area (Å²) >= 11 is 5.75. The number of halogens is 1. The van der Waals surface area contributed by atoms with E-state index in [1.165, 1.54) is 18.2 Å². The Morgan fingerprint density at radius 2 is 2.23 bits per heavy atom. The zero-order valence-corrected chi connectivity index (χ0v) is 12.0. The van der Waals surface area contributed by atoms with Gasteiger partial charge in [-0.05, 0) is 18.6 Å². The molecular weight excluding hydrogens is 314 g/mol. The molecule has 10 heteroatoms. The van der Waals surface area contributed by atoms with Crippen molar-refractivity contribution in [1.82, 2.24) is 20.5 Å². The number of carbonyl (C=O) groups excluding carboxylic acids is 1. The highest BCUT2D eigenvalue weighted by atomic mass is 35.5. The van der Waals surface area contributed by atoms with Gasteiger partial charge in [0.15, 0.2) is 0 Å². The summed E-state index contributed by atoms with van der Waals surface area (Å²) in [5.41, 5.74) is -0.905. The van der Waals surface area contributed by atoms with E-state index < -0.39 is 22.2 Å². The van der Waals surface area contributed by atoms with Gasteiger partial charge >= 0.3 is 11.4 Å². The molecule has 1 heterocycles. The minimum atomic E-state index is -0.689. The first-order valence-electron chi connectivity index (χ1n) is 6.33. The fourth-order valence-electron chi connectivity index (χ4n) is 1.86. The van der Waals surface area contributed by atoms with E-state index >= 15 is 0 Å². The highest BCUT2D eigenvalue weighted by molar-refractivity contribution is 6.33. The lowest BCUT2D eigenvalue weighted by molar-refractivity contribution is -0.385. The lowest BCUT2D eigenvalue weighted by Crippen LogP contribution is -2.25. The number of amides is 1.